The summed E-state index contributed by atoms with van der Waals surface area (Å²) >= 11 is 5.33. The van der Waals surface area contributed by atoms with Gasteiger partial charge in [-0.1, -0.05) is 19.8 Å². The quantitative estimate of drug-likeness (QED) is 0.871. The first kappa shape index (κ1) is 11.6. The van der Waals surface area contributed by atoms with Crippen LogP contribution >= 0.6 is 27.3 Å². The lowest BCUT2D eigenvalue weighted by molar-refractivity contribution is 0.222. The van der Waals surface area contributed by atoms with Crippen LogP contribution in [0.3, 0.4) is 0 Å². The van der Waals surface area contributed by atoms with E-state index in [-0.39, 0.29) is 6.04 Å². The van der Waals surface area contributed by atoms with Crippen molar-refractivity contribution in [3.8, 4) is 0 Å². The van der Waals surface area contributed by atoms with Crippen LogP contribution in [0.4, 0.5) is 0 Å². The summed E-state index contributed by atoms with van der Waals surface area (Å²) in [5, 5.41) is 4.33. The molecule has 0 bridgehead atoms. The molecule has 1 fully saturated rings. The second-order valence-electron chi connectivity index (χ2n) is 4.58. The molecular formula is C12H18BrNS. The molecule has 2 N–H and O–H groups in total. The molecule has 1 nitrogen and oxygen atoms in total. The monoisotopic (exact) mass is 287 g/mol. The van der Waals surface area contributed by atoms with Gasteiger partial charge in [0.15, 0.2) is 0 Å². The maximum atomic E-state index is 6.47. The molecule has 1 heterocycles. The minimum atomic E-state index is 0.214. The average molecular weight is 288 g/mol. The highest BCUT2D eigenvalue weighted by Crippen LogP contribution is 2.50. The van der Waals surface area contributed by atoms with Crippen LogP contribution in [-0.2, 0) is 0 Å². The summed E-state index contributed by atoms with van der Waals surface area (Å²) < 4.78 is 1.19. The van der Waals surface area contributed by atoms with Crippen LogP contribution in [0.5, 0.6) is 0 Å². The largest absolute Gasteiger partial charge is 0.323 e. The number of halogens is 1. The van der Waals surface area contributed by atoms with Gasteiger partial charge in [0.05, 0.1) is 0 Å². The van der Waals surface area contributed by atoms with E-state index in [1.807, 2.05) is 0 Å². The Morgan fingerprint density at radius 3 is 2.60 bits per heavy atom. The van der Waals surface area contributed by atoms with Gasteiger partial charge in [-0.15, -0.1) is 0 Å². The van der Waals surface area contributed by atoms with Crippen LogP contribution in [0.1, 0.15) is 50.6 Å². The van der Waals surface area contributed by atoms with Crippen LogP contribution in [0.25, 0.3) is 0 Å². The van der Waals surface area contributed by atoms with Crippen LogP contribution in [-0.4, -0.2) is 0 Å². The second kappa shape index (κ2) is 4.56. The van der Waals surface area contributed by atoms with Gasteiger partial charge < -0.3 is 5.73 Å². The predicted molar refractivity (Wildman–Crippen MR) is 70.1 cm³/mol. The zero-order chi connectivity index (χ0) is 10.9. The van der Waals surface area contributed by atoms with Crippen LogP contribution in [0.2, 0.25) is 0 Å². The first-order chi connectivity index (χ1) is 7.19. The van der Waals surface area contributed by atoms with Crippen molar-refractivity contribution in [3.63, 3.8) is 0 Å². The second-order valence-corrected chi connectivity index (χ2v) is 6.17. The Kier molecular flexibility index (Phi) is 3.53. The molecule has 1 aromatic rings. The Balaban J connectivity index is 2.26. The van der Waals surface area contributed by atoms with Gasteiger partial charge in [-0.3, -0.25) is 0 Å². The van der Waals surface area contributed by atoms with Gasteiger partial charge in [0.25, 0.3) is 0 Å². The van der Waals surface area contributed by atoms with E-state index in [4.69, 9.17) is 5.73 Å². The fourth-order valence-corrected chi connectivity index (χ4v) is 4.39. The molecule has 0 aliphatic heterocycles. The smallest absolute Gasteiger partial charge is 0.0371 e. The molecule has 2 rings (SSSR count). The van der Waals surface area contributed by atoms with Crippen molar-refractivity contribution in [2.24, 2.45) is 11.1 Å². The first-order valence-corrected chi connectivity index (χ1v) is 7.40. The van der Waals surface area contributed by atoms with Gasteiger partial charge in [-0.25, -0.2) is 0 Å². The van der Waals surface area contributed by atoms with Crippen molar-refractivity contribution in [2.75, 3.05) is 0 Å². The predicted octanol–water partition coefficient (Wildman–Crippen LogP) is 4.48. The first-order valence-electron chi connectivity index (χ1n) is 5.67. The Hall–Kier alpha value is 0.140. The van der Waals surface area contributed by atoms with Crippen molar-refractivity contribution >= 4 is 27.3 Å². The SMILES string of the molecule is CCC1(C(N)c2cscc2Br)CCCC1. The molecule has 0 amide bonds. The van der Waals surface area contributed by atoms with E-state index in [1.165, 1.54) is 42.1 Å². The molecule has 1 aliphatic carbocycles. The Labute approximate surface area is 104 Å². The molecule has 0 saturated heterocycles. The van der Waals surface area contributed by atoms with E-state index in [0.717, 1.165) is 0 Å². The molecule has 0 aromatic carbocycles. The molecule has 15 heavy (non-hydrogen) atoms. The van der Waals surface area contributed by atoms with Crippen LogP contribution in [0, 0.1) is 5.41 Å². The van der Waals surface area contributed by atoms with Gasteiger partial charge in [0.1, 0.15) is 0 Å². The van der Waals surface area contributed by atoms with Gasteiger partial charge in [-0.05, 0) is 51.6 Å². The number of thiophene rings is 1. The molecule has 84 valence electrons. The van der Waals surface area contributed by atoms with E-state index in [2.05, 4.69) is 33.6 Å². The number of nitrogens with two attached hydrogens (primary N) is 1. The van der Waals surface area contributed by atoms with Crippen molar-refractivity contribution in [2.45, 2.75) is 45.1 Å². The third-order valence-electron chi connectivity index (χ3n) is 3.94. The van der Waals surface area contributed by atoms with Gasteiger partial charge >= 0.3 is 0 Å². The minimum absolute atomic E-state index is 0.214. The molecule has 1 aliphatic rings. The highest BCUT2D eigenvalue weighted by Gasteiger charge is 2.39. The molecule has 1 atom stereocenters. The maximum absolute atomic E-state index is 6.47. The number of rotatable bonds is 3. The fourth-order valence-electron chi connectivity index (χ4n) is 2.81. The summed E-state index contributed by atoms with van der Waals surface area (Å²) in [6.45, 7) is 2.28. The van der Waals surface area contributed by atoms with Gasteiger partial charge in [-0.2, -0.15) is 11.3 Å². The highest BCUT2D eigenvalue weighted by molar-refractivity contribution is 9.10. The third kappa shape index (κ3) is 2.02. The Morgan fingerprint density at radius 1 is 1.47 bits per heavy atom. The minimum Gasteiger partial charge on any atom is -0.323 e. The average Bonchev–Trinajstić information content (AvgIpc) is 2.86. The standard InChI is InChI=1S/C12H18BrNS/c1-2-12(5-3-4-6-12)11(14)9-7-15-8-10(9)13/h7-8,11H,2-6,14H2,1H3. The van der Waals surface area contributed by atoms with E-state index >= 15 is 0 Å². The van der Waals surface area contributed by atoms with E-state index in [1.54, 1.807) is 11.3 Å². The van der Waals surface area contributed by atoms with Crippen molar-refractivity contribution in [3.05, 3.63) is 20.8 Å². The Bertz CT molecular complexity index is 328. The van der Waals surface area contributed by atoms with Crippen LogP contribution in [0.15, 0.2) is 15.2 Å². The van der Waals surface area contributed by atoms with Crippen molar-refractivity contribution in [1.29, 1.82) is 0 Å². The van der Waals surface area contributed by atoms with Gasteiger partial charge in [0.2, 0.25) is 0 Å². The van der Waals surface area contributed by atoms with E-state index in [0.29, 0.717) is 5.41 Å². The lowest BCUT2D eigenvalue weighted by Crippen LogP contribution is -2.31. The fraction of sp³-hybridized carbons (Fsp3) is 0.667. The number of hydrogen-bond donors (Lipinski definition) is 1. The van der Waals surface area contributed by atoms with Crippen molar-refractivity contribution < 1.29 is 0 Å². The zero-order valence-electron chi connectivity index (χ0n) is 9.13. The summed E-state index contributed by atoms with van der Waals surface area (Å²) in [6.07, 6.45) is 6.50. The maximum Gasteiger partial charge on any atom is 0.0371 e. The normalized spacial score (nSPS) is 21.8. The molecule has 3 heteroatoms. The molecular weight excluding hydrogens is 270 g/mol. The molecule has 1 saturated carbocycles. The summed E-state index contributed by atoms with van der Waals surface area (Å²) in [4.78, 5) is 0. The Morgan fingerprint density at radius 2 is 2.13 bits per heavy atom. The van der Waals surface area contributed by atoms with Crippen molar-refractivity contribution in [1.82, 2.24) is 0 Å². The summed E-state index contributed by atoms with van der Waals surface area (Å²) in [7, 11) is 0. The highest BCUT2D eigenvalue weighted by atomic mass is 79.9. The lowest BCUT2D eigenvalue weighted by atomic mass is 9.74. The van der Waals surface area contributed by atoms with Crippen LogP contribution < -0.4 is 5.73 Å². The molecule has 0 radical (unpaired) electrons. The summed E-state index contributed by atoms with van der Waals surface area (Å²) in [5.41, 5.74) is 8.14. The zero-order valence-corrected chi connectivity index (χ0v) is 11.5. The summed E-state index contributed by atoms with van der Waals surface area (Å²) in [6, 6.07) is 0.214. The van der Waals surface area contributed by atoms with E-state index < -0.39 is 0 Å². The molecule has 1 aromatic heterocycles. The molecule has 0 spiro atoms. The topological polar surface area (TPSA) is 26.0 Å². The summed E-state index contributed by atoms with van der Waals surface area (Å²) in [5.74, 6) is 0. The lowest BCUT2D eigenvalue weighted by Gasteiger charge is -2.34. The number of hydrogen-bond acceptors (Lipinski definition) is 2. The molecule has 1 unspecified atom stereocenters. The third-order valence-corrected chi connectivity index (χ3v) is 5.69. The van der Waals surface area contributed by atoms with E-state index in [9.17, 15) is 0 Å². The van der Waals surface area contributed by atoms with Gasteiger partial charge in [0, 0.05) is 15.9 Å².